The number of hydrogen-bond acceptors (Lipinski definition) is 4. The summed E-state index contributed by atoms with van der Waals surface area (Å²) in [7, 11) is 0. The van der Waals surface area contributed by atoms with Gasteiger partial charge in [-0.1, -0.05) is 39.3 Å². The van der Waals surface area contributed by atoms with Gasteiger partial charge in [-0.15, -0.1) is 0 Å². The van der Waals surface area contributed by atoms with Crippen molar-refractivity contribution in [3.63, 3.8) is 0 Å². The van der Waals surface area contributed by atoms with Crippen LogP contribution in [0, 0.1) is 33.5 Å². The van der Waals surface area contributed by atoms with Crippen molar-refractivity contribution in [2.24, 2.45) is 33.5 Å². The van der Waals surface area contributed by atoms with Crippen LogP contribution >= 0.6 is 0 Å². The molecule has 0 aromatic carbocycles. The zero-order valence-corrected chi connectivity index (χ0v) is 20.4. The number of ether oxygens (including phenoxy) is 3. The highest BCUT2D eigenvalue weighted by Crippen LogP contribution is 2.78. The van der Waals surface area contributed by atoms with Crippen molar-refractivity contribution in [3.05, 3.63) is 11.6 Å². The van der Waals surface area contributed by atoms with E-state index in [0.717, 1.165) is 38.9 Å². The predicted molar refractivity (Wildman–Crippen MR) is 120 cm³/mol. The first-order valence-corrected chi connectivity index (χ1v) is 12.8. The van der Waals surface area contributed by atoms with Gasteiger partial charge in [-0.25, -0.2) is 0 Å². The monoisotopic (exact) mass is 430 g/mol. The first-order chi connectivity index (χ1) is 14.7. The van der Waals surface area contributed by atoms with Gasteiger partial charge in [-0.05, 0) is 80.0 Å². The third-order valence-corrected chi connectivity index (χ3v) is 10.8. The van der Waals surface area contributed by atoms with E-state index in [-0.39, 0.29) is 28.0 Å². The molecule has 0 aromatic heterocycles. The Morgan fingerprint density at radius 3 is 2.42 bits per heavy atom. The zero-order chi connectivity index (χ0) is 22.1. The molecule has 1 heterocycles. The zero-order valence-electron chi connectivity index (χ0n) is 20.4. The highest BCUT2D eigenvalue weighted by molar-refractivity contribution is 5.69. The van der Waals surface area contributed by atoms with Crippen LogP contribution in [0.1, 0.15) is 92.4 Å². The van der Waals surface area contributed by atoms with E-state index in [1.807, 2.05) is 6.92 Å². The van der Waals surface area contributed by atoms with Gasteiger partial charge < -0.3 is 14.2 Å². The maximum absolute atomic E-state index is 12.1. The van der Waals surface area contributed by atoms with Crippen molar-refractivity contribution in [2.45, 2.75) is 98.2 Å². The molecule has 0 radical (unpaired) electrons. The van der Waals surface area contributed by atoms with Crippen LogP contribution in [0.4, 0.5) is 0 Å². The molecule has 0 bridgehead atoms. The molecule has 31 heavy (non-hydrogen) atoms. The van der Waals surface area contributed by atoms with Gasteiger partial charge in [0.15, 0.2) is 5.79 Å². The number of carbonyl (C=O) groups is 1. The topological polar surface area (TPSA) is 44.8 Å². The van der Waals surface area contributed by atoms with Crippen LogP contribution in [-0.4, -0.2) is 31.6 Å². The SMILES string of the molecule is CCOC(=O)CC[C@H]1CC=C2[C@@]3(C)CCC4(OCCO4)C(C)(C)[C@@H]3CC[C@@]2(C)C12CC2. The molecule has 174 valence electrons. The summed E-state index contributed by atoms with van der Waals surface area (Å²) in [5, 5.41) is 0. The minimum atomic E-state index is -0.389. The molecule has 4 fully saturated rings. The quantitative estimate of drug-likeness (QED) is 0.403. The van der Waals surface area contributed by atoms with E-state index in [1.54, 1.807) is 5.57 Å². The van der Waals surface area contributed by atoms with Crippen molar-refractivity contribution in [1.82, 2.24) is 0 Å². The number of hydrogen-bond donors (Lipinski definition) is 0. The van der Waals surface area contributed by atoms with Gasteiger partial charge >= 0.3 is 5.97 Å². The third kappa shape index (κ3) is 2.82. The molecule has 5 rings (SSSR count). The van der Waals surface area contributed by atoms with E-state index in [9.17, 15) is 4.79 Å². The van der Waals surface area contributed by atoms with Crippen LogP contribution in [0.5, 0.6) is 0 Å². The average molecular weight is 431 g/mol. The highest BCUT2D eigenvalue weighted by Gasteiger charge is 2.71. The fourth-order valence-electron chi connectivity index (χ4n) is 9.08. The molecule has 0 amide bonds. The van der Waals surface area contributed by atoms with Gasteiger partial charge in [0, 0.05) is 18.3 Å². The number of allylic oxidation sites excluding steroid dienone is 2. The summed E-state index contributed by atoms with van der Waals surface area (Å²) < 4.78 is 17.9. The summed E-state index contributed by atoms with van der Waals surface area (Å²) in [4.78, 5) is 12.1. The summed E-state index contributed by atoms with van der Waals surface area (Å²) in [5.74, 6) is 0.789. The van der Waals surface area contributed by atoms with E-state index in [1.165, 1.54) is 25.7 Å². The summed E-state index contributed by atoms with van der Waals surface area (Å²) >= 11 is 0. The van der Waals surface area contributed by atoms with Crippen molar-refractivity contribution in [1.29, 1.82) is 0 Å². The molecule has 2 spiro atoms. The van der Waals surface area contributed by atoms with Gasteiger partial charge in [-0.3, -0.25) is 4.79 Å². The Bertz CT molecular complexity index is 772. The lowest BCUT2D eigenvalue weighted by Gasteiger charge is -2.66. The molecule has 1 aliphatic heterocycles. The van der Waals surface area contributed by atoms with Gasteiger partial charge in [0.2, 0.25) is 0 Å². The molecular weight excluding hydrogens is 388 g/mol. The van der Waals surface area contributed by atoms with E-state index >= 15 is 0 Å². The fraction of sp³-hybridized carbons (Fsp3) is 0.889. The van der Waals surface area contributed by atoms with Crippen LogP contribution in [0.25, 0.3) is 0 Å². The molecule has 0 N–H and O–H groups in total. The van der Waals surface area contributed by atoms with E-state index in [0.29, 0.717) is 30.3 Å². The lowest BCUT2D eigenvalue weighted by Crippen LogP contribution is -2.63. The smallest absolute Gasteiger partial charge is 0.305 e. The molecule has 0 unspecified atom stereocenters. The fourth-order valence-corrected chi connectivity index (χ4v) is 9.08. The second kappa shape index (κ2) is 7.06. The van der Waals surface area contributed by atoms with Crippen LogP contribution in [0.3, 0.4) is 0 Å². The van der Waals surface area contributed by atoms with Gasteiger partial charge in [0.1, 0.15) is 0 Å². The highest BCUT2D eigenvalue weighted by atomic mass is 16.7. The lowest BCUT2D eigenvalue weighted by atomic mass is 9.40. The van der Waals surface area contributed by atoms with Crippen LogP contribution < -0.4 is 0 Å². The summed E-state index contributed by atoms with van der Waals surface area (Å²) in [6.45, 7) is 13.8. The second-order valence-corrected chi connectivity index (χ2v) is 12.1. The first-order valence-electron chi connectivity index (χ1n) is 12.8. The van der Waals surface area contributed by atoms with E-state index in [4.69, 9.17) is 14.2 Å². The van der Waals surface area contributed by atoms with E-state index in [2.05, 4.69) is 33.8 Å². The molecule has 3 saturated carbocycles. The predicted octanol–water partition coefficient (Wildman–Crippen LogP) is 6.04. The number of fused-ring (bicyclic) bond motifs is 4. The maximum Gasteiger partial charge on any atom is 0.305 e. The standard InChI is InChI=1S/C27H42O4/c1-6-29-22(28)10-8-19-7-9-21-24(4)13-16-27(30-17-18-31-27)23(2,3)20(24)11-12-25(21,5)26(19)14-15-26/h9,19-20H,6-8,10-18H2,1-5H3/t19-,20+,24+,25-/m1/s1. The van der Waals surface area contributed by atoms with Crippen LogP contribution in [0.2, 0.25) is 0 Å². The average Bonchev–Trinajstić information content (AvgIpc) is 3.37. The normalized spacial score (nSPS) is 41.4. The Hall–Kier alpha value is -0.870. The number of carbonyl (C=O) groups excluding carboxylic acids is 1. The van der Waals surface area contributed by atoms with E-state index < -0.39 is 0 Å². The Morgan fingerprint density at radius 2 is 1.77 bits per heavy atom. The summed E-state index contributed by atoms with van der Waals surface area (Å²) in [6.07, 6.45) is 12.6. The van der Waals surface area contributed by atoms with Crippen LogP contribution in [-0.2, 0) is 19.0 Å². The Kier molecular flexibility index (Phi) is 5.00. The molecule has 4 heteroatoms. The molecule has 4 aliphatic carbocycles. The summed E-state index contributed by atoms with van der Waals surface area (Å²) in [6, 6.07) is 0. The van der Waals surface area contributed by atoms with Crippen molar-refractivity contribution >= 4 is 5.97 Å². The van der Waals surface area contributed by atoms with Gasteiger partial charge in [-0.2, -0.15) is 0 Å². The minimum Gasteiger partial charge on any atom is -0.466 e. The lowest BCUT2D eigenvalue weighted by molar-refractivity contribution is -0.286. The van der Waals surface area contributed by atoms with Crippen molar-refractivity contribution < 1.29 is 19.0 Å². The minimum absolute atomic E-state index is 0.0101. The molecule has 4 nitrogen and oxygen atoms in total. The third-order valence-electron chi connectivity index (χ3n) is 10.8. The Morgan fingerprint density at radius 1 is 1.06 bits per heavy atom. The van der Waals surface area contributed by atoms with Gasteiger partial charge in [0.05, 0.1) is 19.8 Å². The summed E-state index contributed by atoms with van der Waals surface area (Å²) in [5.41, 5.74) is 2.64. The van der Waals surface area contributed by atoms with Crippen molar-refractivity contribution in [3.8, 4) is 0 Å². The Balaban J connectivity index is 1.44. The largest absolute Gasteiger partial charge is 0.466 e. The second-order valence-electron chi connectivity index (χ2n) is 12.1. The van der Waals surface area contributed by atoms with Gasteiger partial charge in [0.25, 0.3) is 0 Å². The molecular formula is C27H42O4. The molecule has 1 saturated heterocycles. The molecule has 0 aromatic rings. The molecule has 5 aliphatic rings. The number of esters is 1. The molecule has 4 atom stereocenters. The number of rotatable bonds is 4. The first kappa shape index (κ1) is 21.9. The van der Waals surface area contributed by atoms with Crippen LogP contribution in [0.15, 0.2) is 11.6 Å². The van der Waals surface area contributed by atoms with Crippen molar-refractivity contribution in [2.75, 3.05) is 19.8 Å². The Labute approximate surface area is 188 Å². The maximum atomic E-state index is 12.1.